The minimum atomic E-state index is 0. The van der Waals surface area contributed by atoms with Crippen molar-refractivity contribution in [3.8, 4) is 0 Å². The van der Waals surface area contributed by atoms with Gasteiger partial charge in [-0.3, -0.25) is 4.99 Å². The van der Waals surface area contributed by atoms with E-state index in [1.807, 2.05) is 7.05 Å². The zero-order valence-electron chi connectivity index (χ0n) is 15.9. The van der Waals surface area contributed by atoms with Crippen LogP contribution in [0.4, 0.5) is 0 Å². The highest BCUT2D eigenvalue weighted by atomic mass is 127. The summed E-state index contributed by atoms with van der Waals surface area (Å²) in [5, 5.41) is 7.00. The van der Waals surface area contributed by atoms with Gasteiger partial charge in [0.05, 0.1) is 0 Å². The van der Waals surface area contributed by atoms with Crippen molar-refractivity contribution in [3.05, 3.63) is 0 Å². The Labute approximate surface area is 161 Å². The van der Waals surface area contributed by atoms with Gasteiger partial charge < -0.3 is 15.5 Å². The topological polar surface area (TPSA) is 39.7 Å². The first kappa shape index (κ1) is 23.0. The van der Waals surface area contributed by atoms with E-state index in [-0.39, 0.29) is 24.0 Å². The molecule has 23 heavy (non-hydrogen) atoms. The van der Waals surface area contributed by atoms with E-state index in [2.05, 4.69) is 48.3 Å². The first-order valence-electron chi connectivity index (χ1n) is 9.17. The monoisotopic (exact) mass is 438 g/mol. The molecule has 0 amide bonds. The molecule has 138 valence electrons. The lowest BCUT2D eigenvalue weighted by molar-refractivity contribution is 0.213. The highest BCUT2D eigenvalue weighted by Crippen LogP contribution is 2.18. The van der Waals surface area contributed by atoms with Gasteiger partial charge in [-0.1, -0.05) is 26.7 Å². The number of likely N-dealkylation sites (tertiary alicyclic amines) is 1. The molecule has 0 aromatic heterocycles. The fourth-order valence-corrected chi connectivity index (χ4v) is 3.08. The first-order valence-corrected chi connectivity index (χ1v) is 9.17. The number of nitrogens with zero attached hydrogens (tertiary/aromatic N) is 2. The molecule has 0 aliphatic carbocycles. The van der Waals surface area contributed by atoms with Crippen molar-refractivity contribution in [2.45, 2.75) is 65.3 Å². The van der Waals surface area contributed by atoms with Gasteiger partial charge in [-0.25, -0.2) is 0 Å². The largest absolute Gasteiger partial charge is 0.356 e. The van der Waals surface area contributed by atoms with Crippen molar-refractivity contribution in [1.29, 1.82) is 0 Å². The van der Waals surface area contributed by atoms with Gasteiger partial charge in [0.2, 0.25) is 0 Å². The van der Waals surface area contributed by atoms with Gasteiger partial charge in [0.15, 0.2) is 5.96 Å². The molecule has 0 spiro atoms. The molecule has 0 bridgehead atoms. The molecule has 0 aromatic rings. The third kappa shape index (κ3) is 11.2. The van der Waals surface area contributed by atoms with Crippen LogP contribution in [0, 0.1) is 11.8 Å². The second-order valence-corrected chi connectivity index (χ2v) is 7.40. The van der Waals surface area contributed by atoms with Crippen LogP contribution in [0.5, 0.6) is 0 Å². The molecule has 4 nitrogen and oxygen atoms in total. The van der Waals surface area contributed by atoms with Gasteiger partial charge in [0.25, 0.3) is 0 Å². The Morgan fingerprint density at radius 2 is 1.83 bits per heavy atom. The molecule has 5 heteroatoms. The fraction of sp³-hybridized carbons (Fsp3) is 0.944. The normalized spacial score (nSPS) is 18.6. The van der Waals surface area contributed by atoms with E-state index in [1.54, 1.807) is 0 Å². The predicted molar refractivity (Wildman–Crippen MR) is 113 cm³/mol. The van der Waals surface area contributed by atoms with Gasteiger partial charge in [0, 0.05) is 19.6 Å². The maximum atomic E-state index is 4.35. The third-order valence-electron chi connectivity index (χ3n) is 4.71. The Kier molecular flexibility index (Phi) is 13.3. The van der Waals surface area contributed by atoms with Gasteiger partial charge >= 0.3 is 0 Å². The summed E-state index contributed by atoms with van der Waals surface area (Å²) >= 11 is 0. The molecule has 0 radical (unpaired) electrons. The van der Waals surface area contributed by atoms with E-state index < -0.39 is 0 Å². The summed E-state index contributed by atoms with van der Waals surface area (Å²) in [6.45, 7) is 10.4. The minimum absolute atomic E-state index is 0. The molecule has 1 saturated heterocycles. The molecular formula is C18H39IN4. The molecule has 1 unspecified atom stereocenters. The van der Waals surface area contributed by atoms with E-state index in [9.17, 15) is 0 Å². The van der Waals surface area contributed by atoms with Gasteiger partial charge in [0.1, 0.15) is 0 Å². The summed E-state index contributed by atoms with van der Waals surface area (Å²) in [4.78, 5) is 6.79. The summed E-state index contributed by atoms with van der Waals surface area (Å²) in [5.74, 6) is 2.65. The van der Waals surface area contributed by atoms with Crippen LogP contribution in [0.2, 0.25) is 0 Å². The Hall–Kier alpha value is -0.0400. The van der Waals surface area contributed by atoms with Crippen LogP contribution in [-0.2, 0) is 0 Å². The average Bonchev–Trinajstić information content (AvgIpc) is 2.47. The summed E-state index contributed by atoms with van der Waals surface area (Å²) < 4.78 is 0. The number of piperidine rings is 1. The average molecular weight is 438 g/mol. The summed E-state index contributed by atoms with van der Waals surface area (Å²) in [5.41, 5.74) is 0. The number of guanidine groups is 1. The van der Waals surface area contributed by atoms with E-state index in [1.165, 1.54) is 51.6 Å². The van der Waals surface area contributed by atoms with Crippen molar-refractivity contribution in [3.63, 3.8) is 0 Å². The smallest absolute Gasteiger partial charge is 0.191 e. The van der Waals surface area contributed by atoms with Crippen molar-refractivity contribution in [1.82, 2.24) is 15.5 Å². The van der Waals surface area contributed by atoms with Gasteiger partial charge in [-0.2, -0.15) is 0 Å². The van der Waals surface area contributed by atoms with Crippen LogP contribution < -0.4 is 10.6 Å². The molecule has 1 heterocycles. The van der Waals surface area contributed by atoms with Crippen LogP contribution in [-0.4, -0.2) is 50.6 Å². The molecule has 0 saturated carbocycles. The number of hydrogen-bond donors (Lipinski definition) is 2. The molecule has 1 atom stereocenters. The summed E-state index contributed by atoms with van der Waals surface area (Å²) in [6.07, 6.45) is 7.77. The molecule has 0 aromatic carbocycles. The molecule has 1 aliphatic heterocycles. The molecule has 1 fully saturated rings. The number of nitrogens with one attached hydrogen (secondary N) is 2. The van der Waals surface area contributed by atoms with Gasteiger partial charge in [-0.15, -0.1) is 24.0 Å². The van der Waals surface area contributed by atoms with E-state index >= 15 is 0 Å². The number of hydrogen-bond acceptors (Lipinski definition) is 2. The van der Waals surface area contributed by atoms with Crippen molar-refractivity contribution in [2.24, 2.45) is 16.8 Å². The maximum Gasteiger partial charge on any atom is 0.191 e. The first-order chi connectivity index (χ1) is 10.5. The zero-order valence-corrected chi connectivity index (χ0v) is 18.2. The van der Waals surface area contributed by atoms with Crippen molar-refractivity contribution >= 4 is 29.9 Å². The zero-order chi connectivity index (χ0) is 16.4. The number of aliphatic imine (C=N–C) groups is 1. The van der Waals surface area contributed by atoms with Crippen LogP contribution in [0.15, 0.2) is 4.99 Å². The number of rotatable bonds is 8. The van der Waals surface area contributed by atoms with E-state index in [0.717, 1.165) is 24.3 Å². The Morgan fingerprint density at radius 1 is 1.17 bits per heavy atom. The Bertz CT molecular complexity index is 312. The molecular weight excluding hydrogens is 399 g/mol. The highest BCUT2D eigenvalue weighted by molar-refractivity contribution is 14.0. The standard InChI is InChI=1S/C18H38N4.HI/c1-15(2)7-6-8-16(3)21-18(19-4)20-12-9-17-10-13-22(5)14-11-17;/h15-17H,6-14H2,1-5H3,(H2,19,20,21);1H. The Balaban J connectivity index is 0.00000484. The van der Waals surface area contributed by atoms with Crippen LogP contribution in [0.1, 0.15) is 59.3 Å². The molecule has 1 aliphatic rings. The summed E-state index contributed by atoms with van der Waals surface area (Å²) in [7, 11) is 4.09. The van der Waals surface area contributed by atoms with Crippen LogP contribution in [0.25, 0.3) is 0 Å². The van der Waals surface area contributed by atoms with E-state index in [0.29, 0.717) is 6.04 Å². The molecule has 2 N–H and O–H groups in total. The minimum Gasteiger partial charge on any atom is -0.356 e. The lowest BCUT2D eigenvalue weighted by Gasteiger charge is -2.29. The van der Waals surface area contributed by atoms with Crippen molar-refractivity contribution in [2.75, 3.05) is 33.7 Å². The SMILES string of the molecule is CN=C(NCCC1CCN(C)CC1)NC(C)CCCC(C)C.I. The molecule has 1 rings (SSSR count). The lowest BCUT2D eigenvalue weighted by Crippen LogP contribution is -2.43. The number of halogens is 1. The van der Waals surface area contributed by atoms with Crippen LogP contribution >= 0.6 is 24.0 Å². The Morgan fingerprint density at radius 3 is 2.39 bits per heavy atom. The van der Waals surface area contributed by atoms with Crippen LogP contribution in [0.3, 0.4) is 0 Å². The third-order valence-corrected chi connectivity index (χ3v) is 4.71. The second kappa shape index (κ2) is 13.3. The highest BCUT2D eigenvalue weighted by Gasteiger charge is 2.16. The summed E-state index contributed by atoms with van der Waals surface area (Å²) in [6, 6.07) is 0.494. The predicted octanol–water partition coefficient (Wildman–Crippen LogP) is 3.72. The fourth-order valence-electron chi connectivity index (χ4n) is 3.08. The quantitative estimate of drug-likeness (QED) is 0.345. The second-order valence-electron chi connectivity index (χ2n) is 7.40. The van der Waals surface area contributed by atoms with Crippen molar-refractivity contribution < 1.29 is 0 Å². The van der Waals surface area contributed by atoms with Gasteiger partial charge in [-0.05, 0) is 64.6 Å². The maximum absolute atomic E-state index is 4.35. The van der Waals surface area contributed by atoms with E-state index in [4.69, 9.17) is 0 Å². The lowest BCUT2D eigenvalue weighted by atomic mass is 9.94.